The van der Waals surface area contributed by atoms with Crippen molar-refractivity contribution in [2.24, 2.45) is 0 Å². The Labute approximate surface area is 76.0 Å². The topological polar surface area (TPSA) is 17.1 Å². The van der Waals surface area contributed by atoms with Crippen molar-refractivity contribution in [3.05, 3.63) is 46.7 Å². The first-order valence-electron chi connectivity index (χ1n) is 3.62. The first kappa shape index (κ1) is 8.94. The van der Waals surface area contributed by atoms with E-state index < -0.39 is 0 Å². The summed E-state index contributed by atoms with van der Waals surface area (Å²) in [6.07, 6.45) is 3.27. The molecule has 0 aromatic carbocycles. The number of rotatable bonds is 3. The van der Waals surface area contributed by atoms with Gasteiger partial charge in [-0.25, -0.2) is 0 Å². The van der Waals surface area contributed by atoms with E-state index in [0.717, 1.165) is 10.5 Å². The smallest absolute Gasteiger partial charge is 0.196 e. The number of hydrogen-bond donors (Lipinski definition) is 0. The quantitative estimate of drug-likeness (QED) is 0.395. The SMILES string of the molecule is C=CC(C)=CC(=O)c1cccs1. The first-order valence-corrected chi connectivity index (χ1v) is 4.50. The lowest BCUT2D eigenvalue weighted by Gasteiger charge is -1.89. The highest BCUT2D eigenvalue weighted by Gasteiger charge is 2.01. The fourth-order valence-electron chi connectivity index (χ4n) is 0.756. The minimum Gasteiger partial charge on any atom is -0.288 e. The van der Waals surface area contributed by atoms with Gasteiger partial charge in [-0.1, -0.05) is 18.7 Å². The summed E-state index contributed by atoms with van der Waals surface area (Å²) < 4.78 is 0. The van der Waals surface area contributed by atoms with Crippen LogP contribution in [-0.2, 0) is 0 Å². The van der Waals surface area contributed by atoms with Crippen LogP contribution < -0.4 is 0 Å². The number of ketones is 1. The van der Waals surface area contributed by atoms with Gasteiger partial charge in [-0.05, 0) is 30.0 Å². The molecule has 1 aromatic rings. The number of carbonyl (C=O) groups is 1. The maximum atomic E-state index is 11.4. The van der Waals surface area contributed by atoms with Crippen molar-refractivity contribution >= 4 is 17.1 Å². The average molecular weight is 178 g/mol. The van der Waals surface area contributed by atoms with Crippen molar-refractivity contribution in [1.29, 1.82) is 0 Å². The Morgan fingerprint density at radius 3 is 2.92 bits per heavy atom. The van der Waals surface area contributed by atoms with Gasteiger partial charge in [-0.15, -0.1) is 11.3 Å². The fourth-order valence-corrected chi connectivity index (χ4v) is 1.39. The monoisotopic (exact) mass is 178 g/mol. The summed E-state index contributed by atoms with van der Waals surface area (Å²) in [7, 11) is 0. The highest BCUT2D eigenvalue weighted by atomic mass is 32.1. The summed E-state index contributed by atoms with van der Waals surface area (Å²) in [6, 6.07) is 3.69. The third-order valence-electron chi connectivity index (χ3n) is 1.44. The second-order valence-electron chi connectivity index (χ2n) is 2.43. The first-order chi connectivity index (χ1) is 5.74. The normalized spacial score (nSPS) is 11.2. The van der Waals surface area contributed by atoms with Gasteiger partial charge in [0.2, 0.25) is 0 Å². The Morgan fingerprint density at radius 1 is 1.67 bits per heavy atom. The Balaban J connectivity index is 2.80. The maximum Gasteiger partial charge on any atom is 0.196 e. The van der Waals surface area contributed by atoms with E-state index in [0.29, 0.717) is 0 Å². The molecule has 0 N–H and O–H groups in total. The lowest BCUT2D eigenvalue weighted by molar-refractivity contribution is 0.105. The molecule has 1 rings (SSSR count). The predicted molar refractivity (Wildman–Crippen MR) is 52.6 cm³/mol. The summed E-state index contributed by atoms with van der Waals surface area (Å²) in [5, 5.41) is 1.89. The van der Waals surface area contributed by atoms with Crippen LogP contribution in [0.5, 0.6) is 0 Å². The van der Waals surface area contributed by atoms with Gasteiger partial charge >= 0.3 is 0 Å². The molecule has 0 unspecified atom stereocenters. The van der Waals surface area contributed by atoms with Gasteiger partial charge in [0.15, 0.2) is 5.78 Å². The molecule has 0 saturated carbocycles. The number of thiophene rings is 1. The van der Waals surface area contributed by atoms with E-state index in [1.165, 1.54) is 11.3 Å². The zero-order valence-corrected chi connectivity index (χ0v) is 7.73. The second kappa shape index (κ2) is 4.02. The van der Waals surface area contributed by atoms with Crippen molar-refractivity contribution in [3.63, 3.8) is 0 Å². The minimum atomic E-state index is 0.0578. The lowest BCUT2D eigenvalue weighted by Crippen LogP contribution is -1.90. The number of allylic oxidation sites excluding steroid dienone is 3. The molecule has 2 heteroatoms. The molecule has 0 atom stereocenters. The second-order valence-corrected chi connectivity index (χ2v) is 3.38. The molecule has 0 saturated heterocycles. The standard InChI is InChI=1S/C10H10OS/c1-3-8(2)7-9(11)10-5-4-6-12-10/h3-7H,1H2,2H3. The van der Waals surface area contributed by atoms with Gasteiger partial charge in [0.25, 0.3) is 0 Å². The lowest BCUT2D eigenvalue weighted by atomic mass is 10.2. The Kier molecular flexibility index (Phi) is 3.00. The van der Waals surface area contributed by atoms with Crippen LogP contribution in [0.4, 0.5) is 0 Å². The van der Waals surface area contributed by atoms with Crippen LogP contribution >= 0.6 is 11.3 Å². The van der Waals surface area contributed by atoms with Gasteiger partial charge in [0.1, 0.15) is 0 Å². The van der Waals surface area contributed by atoms with E-state index >= 15 is 0 Å². The maximum absolute atomic E-state index is 11.4. The molecule has 0 aliphatic carbocycles. The zero-order valence-electron chi connectivity index (χ0n) is 6.91. The highest BCUT2D eigenvalue weighted by Crippen LogP contribution is 2.10. The van der Waals surface area contributed by atoms with Gasteiger partial charge in [-0.2, -0.15) is 0 Å². The Bertz CT molecular complexity index is 307. The Hall–Kier alpha value is -1.15. The molecule has 0 amide bonds. The molecule has 1 heterocycles. The van der Waals surface area contributed by atoms with Crippen LogP contribution in [0.25, 0.3) is 0 Å². The third kappa shape index (κ3) is 2.17. The molecule has 62 valence electrons. The van der Waals surface area contributed by atoms with Crippen molar-refractivity contribution in [2.75, 3.05) is 0 Å². The van der Waals surface area contributed by atoms with E-state index in [2.05, 4.69) is 6.58 Å². The minimum absolute atomic E-state index is 0.0578. The van der Waals surface area contributed by atoms with Crippen LogP contribution in [-0.4, -0.2) is 5.78 Å². The molecular formula is C10H10OS. The summed E-state index contributed by atoms with van der Waals surface area (Å²) in [5.41, 5.74) is 0.897. The van der Waals surface area contributed by atoms with E-state index in [-0.39, 0.29) is 5.78 Å². The van der Waals surface area contributed by atoms with Gasteiger partial charge < -0.3 is 0 Å². The number of hydrogen-bond acceptors (Lipinski definition) is 2. The van der Waals surface area contributed by atoms with Crippen LogP contribution in [0, 0.1) is 0 Å². The summed E-state index contributed by atoms with van der Waals surface area (Å²) in [6.45, 7) is 5.44. The predicted octanol–water partition coefficient (Wildman–Crippen LogP) is 3.06. The molecule has 0 aliphatic rings. The van der Waals surface area contributed by atoms with Crippen LogP contribution in [0.2, 0.25) is 0 Å². The van der Waals surface area contributed by atoms with E-state index in [4.69, 9.17) is 0 Å². The molecule has 1 aromatic heterocycles. The number of carbonyl (C=O) groups excluding carboxylic acids is 1. The highest BCUT2D eigenvalue weighted by molar-refractivity contribution is 7.12. The fraction of sp³-hybridized carbons (Fsp3) is 0.100. The molecule has 0 fully saturated rings. The van der Waals surface area contributed by atoms with Crippen LogP contribution in [0.1, 0.15) is 16.6 Å². The molecular weight excluding hydrogens is 168 g/mol. The Morgan fingerprint density at radius 2 is 2.42 bits per heavy atom. The van der Waals surface area contributed by atoms with Gasteiger partial charge in [-0.3, -0.25) is 4.79 Å². The summed E-state index contributed by atoms with van der Waals surface area (Å²) in [4.78, 5) is 12.1. The molecule has 0 aliphatic heterocycles. The molecule has 0 spiro atoms. The van der Waals surface area contributed by atoms with Crippen LogP contribution in [0.3, 0.4) is 0 Å². The summed E-state index contributed by atoms with van der Waals surface area (Å²) in [5.74, 6) is 0.0578. The molecule has 0 bridgehead atoms. The largest absolute Gasteiger partial charge is 0.288 e. The molecule has 1 nitrogen and oxygen atoms in total. The van der Waals surface area contributed by atoms with E-state index in [1.807, 2.05) is 24.4 Å². The summed E-state index contributed by atoms with van der Waals surface area (Å²) >= 11 is 1.46. The average Bonchev–Trinajstić information content (AvgIpc) is 2.56. The van der Waals surface area contributed by atoms with E-state index in [9.17, 15) is 4.79 Å². The zero-order chi connectivity index (χ0) is 8.97. The van der Waals surface area contributed by atoms with Gasteiger partial charge in [0, 0.05) is 0 Å². The molecule has 0 radical (unpaired) electrons. The third-order valence-corrected chi connectivity index (χ3v) is 2.33. The van der Waals surface area contributed by atoms with Crippen LogP contribution in [0.15, 0.2) is 41.8 Å². The van der Waals surface area contributed by atoms with E-state index in [1.54, 1.807) is 12.2 Å². The van der Waals surface area contributed by atoms with Gasteiger partial charge in [0.05, 0.1) is 4.88 Å². The molecule has 12 heavy (non-hydrogen) atoms. The van der Waals surface area contributed by atoms with Crippen molar-refractivity contribution in [1.82, 2.24) is 0 Å². The van der Waals surface area contributed by atoms with Crippen molar-refractivity contribution < 1.29 is 4.79 Å². The van der Waals surface area contributed by atoms with Crippen molar-refractivity contribution in [3.8, 4) is 0 Å². The van der Waals surface area contributed by atoms with Crippen molar-refractivity contribution in [2.45, 2.75) is 6.92 Å².